The number of phenols is 1. The predicted octanol–water partition coefficient (Wildman–Crippen LogP) is 2.59. The molecule has 0 aliphatic rings. The SMILES string of the molecule is Cc1ccc(C)c(NC(=O)C(=O)Nc2ccccc2O)c1. The Kier molecular flexibility index (Phi) is 4.23. The van der Waals surface area contributed by atoms with Gasteiger partial charge in [-0.05, 0) is 43.2 Å². The van der Waals surface area contributed by atoms with E-state index in [4.69, 9.17) is 0 Å². The smallest absolute Gasteiger partial charge is 0.314 e. The standard InChI is InChI=1S/C16H16N2O3/c1-10-7-8-11(2)13(9-10)18-16(21)15(20)17-12-5-3-4-6-14(12)19/h3-9,19H,1-2H3,(H,17,20)(H,18,21). The lowest BCUT2D eigenvalue weighted by Crippen LogP contribution is -2.29. The summed E-state index contributed by atoms with van der Waals surface area (Å²) >= 11 is 0. The lowest BCUT2D eigenvalue weighted by molar-refractivity contribution is -0.133. The van der Waals surface area contributed by atoms with Crippen molar-refractivity contribution in [2.75, 3.05) is 10.6 Å². The number of carbonyl (C=O) groups is 2. The molecule has 0 atom stereocenters. The lowest BCUT2D eigenvalue weighted by Gasteiger charge is -2.10. The molecule has 0 unspecified atom stereocenters. The number of aryl methyl sites for hydroxylation is 2. The number of amides is 2. The van der Waals surface area contributed by atoms with Crippen LogP contribution in [-0.4, -0.2) is 16.9 Å². The van der Waals surface area contributed by atoms with Crippen molar-refractivity contribution < 1.29 is 14.7 Å². The monoisotopic (exact) mass is 284 g/mol. The molecule has 0 fully saturated rings. The molecule has 108 valence electrons. The Bertz CT molecular complexity index is 696. The Balaban J connectivity index is 2.08. The highest BCUT2D eigenvalue weighted by Gasteiger charge is 2.16. The first-order chi connectivity index (χ1) is 9.97. The Hall–Kier alpha value is -2.82. The minimum Gasteiger partial charge on any atom is -0.506 e. The van der Waals surface area contributed by atoms with E-state index in [0.717, 1.165) is 11.1 Å². The van der Waals surface area contributed by atoms with Gasteiger partial charge in [0.1, 0.15) is 5.75 Å². The lowest BCUT2D eigenvalue weighted by atomic mass is 10.1. The molecule has 0 aliphatic heterocycles. The van der Waals surface area contributed by atoms with Crippen molar-refractivity contribution in [1.29, 1.82) is 0 Å². The highest BCUT2D eigenvalue weighted by molar-refractivity contribution is 6.43. The molecular formula is C16H16N2O3. The molecule has 0 saturated heterocycles. The van der Waals surface area contributed by atoms with E-state index in [1.54, 1.807) is 18.2 Å². The number of carbonyl (C=O) groups excluding carboxylic acids is 2. The molecular weight excluding hydrogens is 268 g/mol. The maximum atomic E-state index is 11.9. The van der Waals surface area contributed by atoms with Gasteiger partial charge in [-0.2, -0.15) is 0 Å². The molecule has 0 spiro atoms. The zero-order valence-corrected chi connectivity index (χ0v) is 11.8. The van der Waals surface area contributed by atoms with Crippen LogP contribution in [0.25, 0.3) is 0 Å². The molecule has 2 amide bonds. The van der Waals surface area contributed by atoms with Crippen molar-refractivity contribution in [3.05, 3.63) is 53.6 Å². The number of nitrogens with one attached hydrogen (secondary N) is 2. The number of anilines is 2. The number of benzene rings is 2. The molecule has 0 radical (unpaired) electrons. The number of aromatic hydroxyl groups is 1. The van der Waals surface area contributed by atoms with Crippen molar-refractivity contribution in [2.24, 2.45) is 0 Å². The van der Waals surface area contributed by atoms with E-state index in [9.17, 15) is 14.7 Å². The summed E-state index contributed by atoms with van der Waals surface area (Å²) in [6.45, 7) is 3.74. The molecule has 2 rings (SSSR count). The molecule has 21 heavy (non-hydrogen) atoms. The zero-order chi connectivity index (χ0) is 15.4. The molecule has 0 heterocycles. The van der Waals surface area contributed by atoms with Gasteiger partial charge in [0.2, 0.25) is 0 Å². The van der Waals surface area contributed by atoms with Gasteiger partial charge < -0.3 is 15.7 Å². The Morgan fingerprint density at radius 3 is 2.19 bits per heavy atom. The first kappa shape index (κ1) is 14.6. The Morgan fingerprint density at radius 1 is 0.905 bits per heavy atom. The van der Waals surface area contributed by atoms with Gasteiger partial charge in [0, 0.05) is 5.69 Å². The number of hydrogen-bond acceptors (Lipinski definition) is 3. The molecule has 0 aromatic heterocycles. The van der Waals surface area contributed by atoms with Crippen molar-refractivity contribution in [3.8, 4) is 5.75 Å². The van der Waals surface area contributed by atoms with Crippen LogP contribution >= 0.6 is 0 Å². The molecule has 5 heteroatoms. The quantitative estimate of drug-likeness (QED) is 0.586. The summed E-state index contributed by atoms with van der Waals surface area (Å²) in [5.74, 6) is -1.71. The van der Waals surface area contributed by atoms with Crippen LogP contribution in [-0.2, 0) is 9.59 Å². The van der Waals surface area contributed by atoms with Crippen LogP contribution in [0.15, 0.2) is 42.5 Å². The van der Waals surface area contributed by atoms with Gasteiger partial charge in [-0.15, -0.1) is 0 Å². The van der Waals surface area contributed by atoms with Gasteiger partial charge in [0.05, 0.1) is 5.69 Å². The van der Waals surface area contributed by atoms with Gasteiger partial charge in [-0.25, -0.2) is 0 Å². The summed E-state index contributed by atoms with van der Waals surface area (Å²) in [6.07, 6.45) is 0. The third-order valence-corrected chi connectivity index (χ3v) is 3.00. The van der Waals surface area contributed by atoms with E-state index < -0.39 is 11.8 Å². The normalized spacial score (nSPS) is 10.0. The van der Waals surface area contributed by atoms with E-state index in [-0.39, 0.29) is 11.4 Å². The van der Waals surface area contributed by atoms with Crippen molar-refractivity contribution in [1.82, 2.24) is 0 Å². The maximum Gasteiger partial charge on any atom is 0.314 e. The Morgan fingerprint density at radius 2 is 1.52 bits per heavy atom. The number of rotatable bonds is 2. The van der Waals surface area contributed by atoms with Gasteiger partial charge >= 0.3 is 11.8 Å². The van der Waals surface area contributed by atoms with E-state index >= 15 is 0 Å². The number of phenolic OH excluding ortho intramolecular Hbond substituents is 1. The summed E-state index contributed by atoms with van der Waals surface area (Å²) in [6, 6.07) is 11.8. The van der Waals surface area contributed by atoms with Crippen molar-refractivity contribution >= 4 is 23.2 Å². The fourth-order valence-corrected chi connectivity index (χ4v) is 1.81. The molecule has 0 bridgehead atoms. The highest BCUT2D eigenvalue weighted by Crippen LogP contribution is 2.21. The Labute approximate surface area is 122 Å². The first-order valence-electron chi connectivity index (χ1n) is 6.45. The van der Waals surface area contributed by atoms with Crippen LogP contribution in [0.2, 0.25) is 0 Å². The topological polar surface area (TPSA) is 78.4 Å². The number of hydrogen-bond donors (Lipinski definition) is 3. The van der Waals surface area contributed by atoms with Crippen molar-refractivity contribution in [3.63, 3.8) is 0 Å². The van der Waals surface area contributed by atoms with Crippen molar-refractivity contribution in [2.45, 2.75) is 13.8 Å². The maximum absolute atomic E-state index is 11.9. The second-order valence-corrected chi connectivity index (χ2v) is 4.74. The van der Waals surface area contributed by atoms with Crippen LogP contribution in [0, 0.1) is 13.8 Å². The summed E-state index contributed by atoms with van der Waals surface area (Å²) < 4.78 is 0. The fourth-order valence-electron chi connectivity index (χ4n) is 1.81. The van der Waals surface area contributed by atoms with Gasteiger partial charge in [-0.3, -0.25) is 9.59 Å². The van der Waals surface area contributed by atoms with Gasteiger partial charge in [0.15, 0.2) is 0 Å². The van der Waals surface area contributed by atoms with Crippen LogP contribution < -0.4 is 10.6 Å². The van der Waals surface area contributed by atoms with Gasteiger partial charge in [0.25, 0.3) is 0 Å². The minimum absolute atomic E-state index is 0.0922. The number of para-hydroxylation sites is 2. The predicted molar refractivity (Wildman–Crippen MR) is 81.3 cm³/mol. The zero-order valence-electron chi connectivity index (χ0n) is 11.8. The van der Waals surface area contributed by atoms with E-state index in [0.29, 0.717) is 5.69 Å². The molecule has 0 saturated carbocycles. The minimum atomic E-state index is -0.836. The molecule has 0 aliphatic carbocycles. The van der Waals surface area contributed by atoms with Crippen LogP contribution in [0.5, 0.6) is 5.75 Å². The first-order valence-corrected chi connectivity index (χ1v) is 6.45. The average molecular weight is 284 g/mol. The second kappa shape index (κ2) is 6.09. The van der Waals surface area contributed by atoms with Gasteiger partial charge in [-0.1, -0.05) is 24.3 Å². The molecule has 2 aromatic carbocycles. The summed E-state index contributed by atoms with van der Waals surface area (Å²) in [4.78, 5) is 23.7. The average Bonchev–Trinajstić information content (AvgIpc) is 2.45. The largest absolute Gasteiger partial charge is 0.506 e. The third-order valence-electron chi connectivity index (χ3n) is 3.00. The van der Waals surface area contributed by atoms with Crippen LogP contribution in [0.1, 0.15) is 11.1 Å². The molecule has 3 N–H and O–H groups in total. The van der Waals surface area contributed by atoms with E-state index in [1.165, 1.54) is 12.1 Å². The second-order valence-electron chi connectivity index (χ2n) is 4.74. The van der Waals surface area contributed by atoms with Crippen LogP contribution in [0.4, 0.5) is 11.4 Å². The summed E-state index contributed by atoms with van der Waals surface area (Å²) in [7, 11) is 0. The van der Waals surface area contributed by atoms with E-state index in [2.05, 4.69) is 10.6 Å². The molecule has 5 nitrogen and oxygen atoms in total. The summed E-state index contributed by atoms with van der Waals surface area (Å²) in [5.41, 5.74) is 2.63. The summed E-state index contributed by atoms with van der Waals surface area (Å²) in [5, 5.41) is 14.5. The van der Waals surface area contributed by atoms with E-state index in [1.807, 2.05) is 26.0 Å². The van der Waals surface area contributed by atoms with Crippen LogP contribution in [0.3, 0.4) is 0 Å². The fraction of sp³-hybridized carbons (Fsp3) is 0.125. The molecule has 2 aromatic rings. The highest BCUT2D eigenvalue weighted by atomic mass is 16.3. The third kappa shape index (κ3) is 3.60.